The molecule has 0 aliphatic heterocycles. The molecule has 102 valence electrons. The van der Waals surface area contributed by atoms with E-state index in [1.807, 2.05) is 0 Å². The minimum atomic E-state index is -2.39. The Bertz CT molecular complexity index is 160. The topological polar surface area (TPSA) is 0 Å². The monoisotopic (exact) mass is 246 g/mol. The van der Waals surface area contributed by atoms with Crippen LogP contribution in [0, 0.1) is 0 Å². The smallest absolute Gasteiger partial charge is 0.207 e. The summed E-state index contributed by atoms with van der Waals surface area (Å²) < 4.78 is 26.9. The lowest BCUT2D eigenvalue weighted by molar-refractivity contribution is -0.0206. The van der Waals surface area contributed by atoms with Crippen molar-refractivity contribution in [3.8, 4) is 0 Å². The molecule has 0 aromatic rings. The first-order valence-corrected chi connectivity index (χ1v) is 7.59. The van der Waals surface area contributed by atoms with Crippen molar-refractivity contribution in [3.05, 3.63) is 0 Å². The van der Waals surface area contributed by atoms with Crippen molar-refractivity contribution in [2.75, 3.05) is 0 Å². The van der Waals surface area contributed by atoms with Gasteiger partial charge >= 0.3 is 0 Å². The summed E-state index contributed by atoms with van der Waals surface area (Å²) in [6.07, 6.45) is 13.7. The van der Waals surface area contributed by atoms with Gasteiger partial charge in [0.2, 0.25) is 5.92 Å². The van der Waals surface area contributed by atoms with E-state index in [0.29, 0.717) is 12.8 Å². The normalized spacial score (nSPS) is 25.8. The largest absolute Gasteiger partial charge is 0.248 e. The summed E-state index contributed by atoms with van der Waals surface area (Å²) in [5.74, 6) is -2.39. The highest BCUT2D eigenvalue weighted by atomic mass is 19.3. The molecule has 17 heavy (non-hydrogen) atoms. The maximum atomic E-state index is 13.5. The number of rotatable bonds is 0. The van der Waals surface area contributed by atoms with E-state index in [9.17, 15) is 8.78 Å². The van der Waals surface area contributed by atoms with Gasteiger partial charge in [-0.25, -0.2) is 8.78 Å². The molecular formula is C15H28F2. The van der Waals surface area contributed by atoms with Gasteiger partial charge in [0, 0.05) is 12.8 Å². The zero-order valence-corrected chi connectivity index (χ0v) is 11.2. The predicted molar refractivity (Wildman–Crippen MR) is 69.6 cm³/mol. The molecule has 0 atom stereocenters. The lowest BCUT2D eigenvalue weighted by Crippen LogP contribution is -2.15. The second-order valence-corrected chi connectivity index (χ2v) is 5.60. The van der Waals surface area contributed by atoms with E-state index >= 15 is 0 Å². The standard InChI is InChI=1S/C15H28F2/c16-15(17)13-11-9-7-5-3-1-2-4-6-8-10-12-14-15/h1-14H2. The van der Waals surface area contributed by atoms with E-state index in [0.717, 1.165) is 25.7 Å². The molecule has 1 saturated carbocycles. The number of hydrogen-bond acceptors (Lipinski definition) is 0. The van der Waals surface area contributed by atoms with Crippen molar-refractivity contribution in [1.29, 1.82) is 0 Å². The van der Waals surface area contributed by atoms with Crippen LogP contribution in [0.2, 0.25) is 0 Å². The number of hydrogen-bond donors (Lipinski definition) is 0. The highest BCUT2D eigenvalue weighted by molar-refractivity contribution is 4.66. The molecule has 0 bridgehead atoms. The third-order valence-electron chi connectivity index (χ3n) is 3.84. The minimum absolute atomic E-state index is 0.118. The molecule has 0 heterocycles. The summed E-state index contributed by atoms with van der Waals surface area (Å²) >= 11 is 0. The van der Waals surface area contributed by atoms with Crippen LogP contribution in [0.5, 0.6) is 0 Å². The Morgan fingerprint density at radius 3 is 0.941 bits per heavy atom. The molecule has 1 fully saturated rings. The van der Waals surface area contributed by atoms with Crippen LogP contribution in [0.1, 0.15) is 89.9 Å². The van der Waals surface area contributed by atoms with Crippen molar-refractivity contribution < 1.29 is 8.78 Å². The van der Waals surface area contributed by atoms with Crippen LogP contribution < -0.4 is 0 Å². The summed E-state index contributed by atoms with van der Waals surface area (Å²) in [6.45, 7) is 0. The Kier molecular flexibility index (Phi) is 7.79. The molecule has 0 unspecified atom stereocenters. The van der Waals surface area contributed by atoms with Gasteiger partial charge in [0.25, 0.3) is 0 Å². The predicted octanol–water partition coefficient (Wildman–Crippen LogP) is 6.10. The first kappa shape index (κ1) is 14.9. The van der Waals surface area contributed by atoms with E-state index in [1.54, 1.807) is 0 Å². The van der Waals surface area contributed by atoms with Crippen molar-refractivity contribution >= 4 is 0 Å². The quantitative estimate of drug-likeness (QED) is 0.484. The SMILES string of the molecule is FC1(F)CCCCCCCCCCCCCC1. The summed E-state index contributed by atoms with van der Waals surface area (Å²) in [4.78, 5) is 0. The van der Waals surface area contributed by atoms with Crippen molar-refractivity contribution in [3.63, 3.8) is 0 Å². The van der Waals surface area contributed by atoms with Gasteiger partial charge in [-0.2, -0.15) is 0 Å². The molecular weight excluding hydrogens is 218 g/mol. The van der Waals surface area contributed by atoms with Gasteiger partial charge in [0.15, 0.2) is 0 Å². The molecule has 0 radical (unpaired) electrons. The van der Waals surface area contributed by atoms with Crippen molar-refractivity contribution in [2.45, 2.75) is 95.8 Å². The van der Waals surface area contributed by atoms with Gasteiger partial charge in [-0.05, 0) is 12.8 Å². The zero-order chi connectivity index (χ0) is 12.4. The van der Waals surface area contributed by atoms with E-state index in [4.69, 9.17) is 0 Å². The lowest BCUT2D eigenvalue weighted by atomic mass is 10.0. The molecule has 0 nitrogen and oxygen atoms in total. The average Bonchev–Trinajstić information content (AvgIpc) is 2.29. The fourth-order valence-corrected chi connectivity index (χ4v) is 2.66. The maximum absolute atomic E-state index is 13.5. The van der Waals surface area contributed by atoms with Crippen LogP contribution in [0.3, 0.4) is 0 Å². The fraction of sp³-hybridized carbons (Fsp3) is 1.00. The van der Waals surface area contributed by atoms with Crippen LogP contribution in [-0.4, -0.2) is 5.92 Å². The third kappa shape index (κ3) is 8.57. The van der Waals surface area contributed by atoms with Crippen LogP contribution >= 0.6 is 0 Å². The van der Waals surface area contributed by atoms with E-state index < -0.39 is 5.92 Å². The molecule has 2 heteroatoms. The Labute approximate surface area is 105 Å². The second-order valence-electron chi connectivity index (χ2n) is 5.60. The summed E-state index contributed by atoms with van der Waals surface area (Å²) in [6, 6.07) is 0. The average molecular weight is 246 g/mol. The first-order valence-electron chi connectivity index (χ1n) is 7.59. The number of alkyl halides is 2. The maximum Gasteiger partial charge on any atom is 0.248 e. The Morgan fingerprint density at radius 2 is 0.647 bits per heavy atom. The highest BCUT2D eigenvalue weighted by Gasteiger charge is 2.26. The van der Waals surface area contributed by atoms with E-state index in [1.165, 1.54) is 38.5 Å². The summed E-state index contributed by atoms with van der Waals surface area (Å²) in [5.41, 5.74) is 0. The van der Waals surface area contributed by atoms with Gasteiger partial charge in [0.1, 0.15) is 0 Å². The van der Waals surface area contributed by atoms with Crippen LogP contribution in [-0.2, 0) is 0 Å². The highest BCUT2D eigenvalue weighted by Crippen LogP contribution is 2.28. The Hall–Kier alpha value is -0.140. The lowest BCUT2D eigenvalue weighted by Gasteiger charge is -2.15. The molecule has 1 rings (SSSR count). The fourth-order valence-electron chi connectivity index (χ4n) is 2.66. The molecule has 1 aliphatic carbocycles. The van der Waals surface area contributed by atoms with E-state index in [2.05, 4.69) is 0 Å². The molecule has 0 amide bonds. The zero-order valence-electron chi connectivity index (χ0n) is 11.2. The van der Waals surface area contributed by atoms with Gasteiger partial charge in [-0.1, -0.05) is 64.2 Å². The van der Waals surface area contributed by atoms with E-state index in [-0.39, 0.29) is 12.8 Å². The van der Waals surface area contributed by atoms with Gasteiger partial charge in [0.05, 0.1) is 0 Å². The summed E-state index contributed by atoms with van der Waals surface area (Å²) in [7, 11) is 0. The van der Waals surface area contributed by atoms with Crippen LogP contribution in [0.25, 0.3) is 0 Å². The molecule has 0 aromatic heterocycles. The molecule has 1 aliphatic rings. The van der Waals surface area contributed by atoms with Crippen LogP contribution in [0.15, 0.2) is 0 Å². The third-order valence-corrected chi connectivity index (χ3v) is 3.84. The summed E-state index contributed by atoms with van der Waals surface area (Å²) in [5, 5.41) is 0. The second kappa shape index (κ2) is 8.88. The molecule has 0 spiro atoms. The van der Waals surface area contributed by atoms with Crippen molar-refractivity contribution in [2.24, 2.45) is 0 Å². The van der Waals surface area contributed by atoms with Crippen molar-refractivity contribution in [1.82, 2.24) is 0 Å². The van der Waals surface area contributed by atoms with Crippen LogP contribution in [0.4, 0.5) is 8.78 Å². The number of halogens is 2. The Morgan fingerprint density at radius 1 is 0.412 bits per heavy atom. The molecule has 0 aromatic carbocycles. The molecule has 0 N–H and O–H groups in total. The van der Waals surface area contributed by atoms with Gasteiger partial charge in [-0.15, -0.1) is 0 Å². The molecule has 0 saturated heterocycles. The van der Waals surface area contributed by atoms with Gasteiger partial charge < -0.3 is 0 Å². The minimum Gasteiger partial charge on any atom is -0.207 e. The van der Waals surface area contributed by atoms with Gasteiger partial charge in [-0.3, -0.25) is 0 Å². The first-order chi connectivity index (χ1) is 8.21. The Balaban J connectivity index is 2.22.